The molecule has 29 heavy (non-hydrogen) atoms. The van der Waals surface area contributed by atoms with Crippen molar-refractivity contribution in [3.8, 4) is 0 Å². The lowest BCUT2D eigenvalue weighted by Crippen LogP contribution is -2.40. The zero-order chi connectivity index (χ0) is 21.6. The van der Waals surface area contributed by atoms with Crippen LogP contribution in [0.15, 0.2) is 60.2 Å². The monoisotopic (exact) mass is 427 g/mol. The van der Waals surface area contributed by atoms with E-state index in [1.165, 1.54) is 30.3 Å². The van der Waals surface area contributed by atoms with E-state index in [2.05, 4.69) is 0 Å². The van der Waals surface area contributed by atoms with E-state index in [9.17, 15) is 17.6 Å². The van der Waals surface area contributed by atoms with Crippen LogP contribution in [0.5, 0.6) is 0 Å². The number of Topliss-reactive ketones (excluding diaryl/α,β-unsaturated/α-hetero) is 1. The molecule has 1 aliphatic heterocycles. The van der Waals surface area contributed by atoms with Crippen LogP contribution < -0.4 is 5.73 Å². The second-order valence-corrected chi connectivity index (χ2v) is 8.37. The number of ketones is 1. The molecule has 0 saturated carbocycles. The zero-order valence-electron chi connectivity index (χ0n) is 14.6. The summed E-state index contributed by atoms with van der Waals surface area (Å²) in [5.41, 5.74) is 2.67. The predicted molar refractivity (Wildman–Crippen MR) is 106 cm³/mol. The van der Waals surface area contributed by atoms with Gasteiger partial charge in [-0.15, -0.1) is 0 Å². The fraction of sp³-hybridized carbons (Fsp3) is 0.118. The van der Waals surface area contributed by atoms with Crippen molar-refractivity contribution in [3.63, 3.8) is 0 Å². The number of ether oxygens (including phenoxy) is 1. The molecule has 0 spiro atoms. The maximum atomic E-state index is 14.3. The van der Waals surface area contributed by atoms with Gasteiger partial charge in [-0.1, -0.05) is 48.0 Å². The topological polar surface area (TPSA) is 95.7 Å². The molecule has 0 amide bonds. The Morgan fingerprint density at radius 2 is 1.79 bits per heavy atom. The van der Waals surface area contributed by atoms with Gasteiger partial charge < -0.3 is 14.7 Å². The summed E-state index contributed by atoms with van der Waals surface area (Å²) in [5.74, 6) is -3.97. The Balaban J connectivity index is 1.96. The first-order valence-electron chi connectivity index (χ1n) is 7.95. The van der Waals surface area contributed by atoms with E-state index in [0.717, 1.165) is 12.1 Å². The molecule has 2 aromatic carbocycles. The van der Waals surface area contributed by atoms with Crippen LogP contribution in [0, 0.1) is 5.82 Å². The van der Waals surface area contributed by atoms with Gasteiger partial charge in [0, 0.05) is 10.6 Å². The van der Waals surface area contributed by atoms with E-state index in [1.54, 1.807) is 6.07 Å². The third kappa shape index (κ3) is 3.53. The Bertz CT molecular complexity index is 1130. The van der Waals surface area contributed by atoms with Crippen molar-refractivity contribution in [3.05, 3.63) is 82.1 Å². The Labute approximate surface area is 175 Å². The van der Waals surface area contributed by atoms with E-state index in [0.29, 0.717) is 0 Å². The molecular weight excluding hydrogens is 417 g/mol. The highest BCUT2D eigenvalue weighted by Crippen LogP contribution is 2.39. The molecule has 0 fully saturated rings. The van der Waals surface area contributed by atoms with Crippen molar-refractivity contribution in [2.24, 2.45) is 5.73 Å². The van der Waals surface area contributed by atoms with E-state index in [1.807, 2.05) is 0 Å². The minimum atomic E-state index is -4.86. The SMILES string of the molecule is [B]C([B])(c1ccccc1)S(=O)(=O)OC1=C(N)O[C@@]([B])(c2ccc(Cl)cc2F)C1=O. The van der Waals surface area contributed by atoms with Gasteiger partial charge in [0.15, 0.2) is 13.3 Å². The van der Waals surface area contributed by atoms with Crippen molar-refractivity contribution in [1.29, 1.82) is 0 Å². The lowest BCUT2D eigenvalue weighted by Gasteiger charge is -2.26. The summed E-state index contributed by atoms with van der Waals surface area (Å²) in [6, 6.07) is 10.6. The number of nitrogens with two attached hydrogens (primary N) is 1. The van der Waals surface area contributed by atoms with Crippen molar-refractivity contribution >= 4 is 51.0 Å². The molecular formula is C17H10B3ClFNO5S. The van der Waals surface area contributed by atoms with E-state index < -0.39 is 49.0 Å². The third-order valence-electron chi connectivity index (χ3n) is 4.20. The highest BCUT2D eigenvalue weighted by molar-refractivity contribution is 7.90. The fourth-order valence-corrected chi connectivity index (χ4v) is 3.71. The summed E-state index contributed by atoms with van der Waals surface area (Å²) in [6.45, 7) is 0. The highest BCUT2D eigenvalue weighted by atomic mass is 35.5. The third-order valence-corrected chi connectivity index (χ3v) is 5.89. The Kier molecular flexibility index (Phi) is 5.25. The van der Waals surface area contributed by atoms with Gasteiger partial charge >= 0.3 is 10.1 Å². The minimum Gasteiger partial charge on any atom is -0.467 e. The van der Waals surface area contributed by atoms with Gasteiger partial charge in [0.1, 0.15) is 5.82 Å². The van der Waals surface area contributed by atoms with Crippen LogP contribution in [0.3, 0.4) is 0 Å². The Hall–Kier alpha value is -2.39. The summed E-state index contributed by atoms with van der Waals surface area (Å²) in [6.07, 6.45) is 0. The number of hydrogen-bond donors (Lipinski definition) is 1. The second kappa shape index (κ2) is 7.14. The van der Waals surface area contributed by atoms with Crippen LogP contribution in [-0.2, 0) is 33.9 Å². The number of carbonyl (C=O) groups excluding carboxylic acids is 1. The molecule has 12 heteroatoms. The van der Waals surface area contributed by atoms with Crippen LogP contribution >= 0.6 is 11.6 Å². The largest absolute Gasteiger partial charge is 0.467 e. The van der Waals surface area contributed by atoms with Crippen LogP contribution in [0.4, 0.5) is 4.39 Å². The molecule has 2 aromatic rings. The fourth-order valence-electron chi connectivity index (χ4n) is 2.62. The van der Waals surface area contributed by atoms with E-state index in [4.69, 9.17) is 49.8 Å². The summed E-state index contributed by atoms with van der Waals surface area (Å²) < 4.78 is 46.9. The Morgan fingerprint density at radius 3 is 2.38 bits per heavy atom. The molecule has 0 bridgehead atoms. The standard InChI is InChI=1S/C17H10B3ClFNO5S/c18-16(11-7-6-10(21)8-12(11)22)14(24)13(15(23)27-16)28-29(25,26)17(19,20)9-4-2-1-3-5-9/h1-8H,23H2/t16-/m0/s1. The van der Waals surface area contributed by atoms with E-state index in [-0.39, 0.29) is 10.6 Å². The van der Waals surface area contributed by atoms with E-state index >= 15 is 0 Å². The normalized spacial score (nSPS) is 19.9. The maximum absolute atomic E-state index is 14.3. The van der Waals surface area contributed by atoms with Crippen molar-refractivity contribution in [2.45, 2.75) is 10.0 Å². The molecule has 1 heterocycles. The summed E-state index contributed by atoms with van der Waals surface area (Å²) in [4.78, 5) is 12.8. The van der Waals surface area contributed by atoms with Crippen molar-refractivity contribution in [1.82, 2.24) is 0 Å². The minimum absolute atomic E-state index is 0.0201. The molecule has 0 aromatic heterocycles. The summed E-state index contributed by atoms with van der Waals surface area (Å²) in [7, 11) is 12.5. The smallest absolute Gasteiger partial charge is 0.302 e. The number of hydrogen-bond acceptors (Lipinski definition) is 6. The van der Waals surface area contributed by atoms with Gasteiger partial charge in [0.05, 0.1) is 20.2 Å². The molecule has 3 rings (SSSR count). The molecule has 142 valence electrons. The second-order valence-electron chi connectivity index (χ2n) is 6.18. The molecule has 0 saturated heterocycles. The number of halogens is 2. The van der Waals surface area contributed by atoms with Crippen LogP contribution in [0.25, 0.3) is 0 Å². The highest BCUT2D eigenvalue weighted by Gasteiger charge is 2.51. The average molecular weight is 427 g/mol. The number of rotatable bonds is 5. The zero-order valence-corrected chi connectivity index (χ0v) is 16.2. The number of benzene rings is 2. The first-order valence-corrected chi connectivity index (χ1v) is 9.74. The van der Waals surface area contributed by atoms with Crippen molar-refractivity contribution < 1.29 is 26.5 Å². The van der Waals surface area contributed by atoms with Crippen LogP contribution in [-0.4, -0.2) is 37.7 Å². The predicted octanol–water partition coefficient (Wildman–Crippen LogP) is 1.02. The molecule has 6 radical (unpaired) electrons. The molecule has 0 unspecified atom stereocenters. The van der Waals surface area contributed by atoms with Crippen LogP contribution in [0.1, 0.15) is 11.1 Å². The first kappa shape index (κ1) is 21.3. The van der Waals surface area contributed by atoms with Crippen molar-refractivity contribution in [2.75, 3.05) is 0 Å². The molecule has 6 nitrogen and oxygen atoms in total. The molecule has 1 aliphatic rings. The summed E-state index contributed by atoms with van der Waals surface area (Å²) in [5, 5.41) is 0.0409. The quantitative estimate of drug-likeness (QED) is 0.566. The van der Waals surface area contributed by atoms with Gasteiger partial charge in [-0.2, -0.15) is 8.42 Å². The molecule has 2 N–H and O–H groups in total. The van der Waals surface area contributed by atoms with Gasteiger partial charge in [-0.05, 0) is 17.7 Å². The maximum Gasteiger partial charge on any atom is 0.302 e. The van der Waals surface area contributed by atoms with Gasteiger partial charge in [0.2, 0.25) is 17.4 Å². The average Bonchev–Trinajstić information content (AvgIpc) is 2.85. The van der Waals surface area contributed by atoms with Crippen LogP contribution in [0.2, 0.25) is 5.02 Å². The molecule has 1 atom stereocenters. The Morgan fingerprint density at radius 1 is 1.17 bits per heavy atom. The van der Waals surface area contributed by atoms with Gasteiger partial charge in [-0.3, -0.25) is 4.79 Å². The van der Waals surface area contributed by atoms with Gasteiger partial charge in [-0.25, -0.2) is 4.39 Å². The lowest BCUT2D eigenvalue weighted by molar-refractivity contribution is -0.126. The first-order chi connectivity index (χ1) is 13.4. The summed E-state index contributed by atoms with van der Waals surface area (Å²) >= 11 is 5.68. The lowest BCUT2D eigenvalue weighted by atomic mass is 9.65. The molecule has 0 aliphatic carbocycles. The number of carbonyl (C=O) groups is 1. The van der Waals surface area contributed by atoms with Gasteiger partial charge in [0.25, 0.3) is 0 Å².